The molecule has 94 valence electrons. The van der Waals surface area contributed by atoms with E-state index in [1.807, 2.05) is 5.38 Å². The third kappa shape index (κ3) is 3.00. The van der Waals surface area contributed by atoms with Gasteiger partial charge in [0.2, 0.25) is 0 Å². The summed E-state index contributed by atoms with van der Waals surface area (Å²) in [6.07, 6.45) is 2.28. The van der Waals surface area contributed by atoms with E-state index in [-0.39, 0.29) is 10.6 Å². The summed E-state index contributed by atoms with van der Waals surface area (Å²) in [6.45, 7) is 0.659. The fraction of sp³-hybridized carbons (Fsp3) is 0.167. The molecule has 0 saturated carbocycles. The topological polar surface area (TPSA) is 62.2 Å². The number of thiophene rings is 1. The van der Waals surface area contributed by atoms with E-state index in [4.69, 9.17) is 16.7 Å². The fourth-order valence-electron chi connectivity index (χ4n) is 1.49. The first-order valence-corrected chi connectivity index (χ1v) is 6.63. The number of carbonyl (C=O) groups is 1. The van der Waals surface area contributed by atoms with Crippen LogP contribution in [-0.2, 0) is 6.42 Å². The molecule has 0 unspecified atom stereocenters. The molecule has 4 nitrogen and oxygen atoms in total. The molecule has 0 fully saturated rings. The van der Waals surface area contributed by atoms with Crippen molar-refractivity contribution in [3.63, 3.8) is 0 Å². The van der Waals surface area contributed by atoms with Crippen molar-refractivity contribution in [3.8, 4) is 0 Å². The standard InChI is InChI=1S/C12H11ClN2O2S/c13-10-9(12(16)17)2-5-15-11(10)14-4-1-8-3-6-18-7-8/h2-3,5-7H,1,4H2,(H,14,15)(H,16,17). The third-order valence-electron chi connectivity index (χ3n) is 2.41. The SMILES string of the molecule is O=C(O)c1ccnc(NCCc2ccsc2)c1Cl. The van der Waals surface area contributed by atoms with Gasteiger partial charge in [-0.1, -0.05) is 11.6 Å². The molecular formula is C12H11ClN2O2S. The van der Waals surface area contributed by atoms with Crippen LogP contribution in [0.2, 0.25) is 5.02 Å². The molecule has 2 aromatic heterocycles. The summed E-state index contributed by atoms with van der Waals surface area (Å²) in [7, 11) is 0. The number of carboxylic acid groups (broad SMARTS) is 1. The van der Waals surface area contributed by atoms with Crippen molar-refractivity contribution in [2.45, 2.75) is 6.42 Å². The summed E-state index contributed by atoms with van der Waals surface area (Å²) in [6, 6.07) is 3.43. The average Bonchev–Trinajstić information content (AvgIpc) is 2.84. The van der Waals surface area contributed by atoms with Gasteiger partial charge in [0.25, 0.3) is 0 Å². The van der Waals surface area contributed by atoms with Crippen LogP contribution in [0.15, 0.2) is 29.1 Å². The molecule has 0 aromatic carbocycles. The normalized spacial score (nSPS) is 10.3. The lowest BCUT2D eigenvalue weighted by Crippen LogP contribution is -2.08. The quantitative estimate of drug-likeness (QED) is 0.884. The minimum Gasteiger partial charge on any atom is -0.478 e. The summed E-state index contributed by atoms with van der Waals surface area (Å²) in [4.78, 5) is 14.9. The van der Waals surface area contributed by atoms with Gasteiger partial charge in [0, 0.05) is 12.7 Å². The highest BCUT2D eigenvalue weighted by molar-refractivity contribution is 7.07. The molecule has 6 heteroatoms. The summed E-state index contributed by atoms with van der Waals surface area (Å²) in [5.41, 5.74) is 1.29. The Kier molecular flexibility index (Phi) is 4.17. The molecule has 2 heterocycles. The number of hydrogen-bond acceptors (Lipinski definition) is 4. The molecule has 0 aliphatic heterocycles. The number of nitrogens with zero attached hydrogens (tertiary/aromatic N) is 1. The van der Waals surface area contributed by atoms with Gasteiger partial charge in [0.05, 0.1) is 10.6 Å². The summed E-state index contributed by atoms with van der Waals surface area (Å²) < 4.78 is 0. The van der Waals surface area contributed by atoms with Gasteiger partial charge in [-0.2, -0.15) is 11.3 Å². The van der Waals surface area contributed by atoms with Crippen molar-refractivity contribution in [3.05, 3.63) is 45.2 Å². The largest absolute Gasteiger partial charge is 0.478 e. The van der Waals surface area contributed by atoms with Gasteiger partial charge in [-0.3, -0.25) is 0 Å². The first-order chi connectivity index (χ1) is 8.68. The lowest BCUT2D eigenvalue weighted by molar-refractivity contribution is 0.0697. The van der Waals surface area contributed by atoms with E-state index in [0.717, 1.165) is 6.42 Å². The molecule has 2 aromatic rings. The Bertz CT molecular complexity index is 543. The second kappa shape index (κ2) is 5.84. The molecule has 0 amide bonds. The van der Waals surface area contributed by atoms with Gasteiger partial charge in [-0.05, 0) is 34.9 Å². The van der Waals surface area contributed by atoms with E-state index in [1.165, 1.54) is 17.8 Å². The van der Waals surface area contributed by atoms with E-state index in [2.05, 4.69) is 21.7 Å². The average molecular weight is 283 g/mol. The van der Waals surface area contributed by atoms with Crippen LogP contribution in [0.25, 0.3) is 0 Å². The maximum Gasteiger partial charge on any atom is 0.337 e. The van der Waals surface area contributed by atoms with Gasteiger partial charge < -0.3 is 10.4 Å². The number of rotatable bonds is 5. The summed E-state index contributed by atoms with van der Waals surface area (Å²) in [5, 5.41) is 16.2. The lowest BCUT2D eigenvalue weighted by atomic mass is 10.2. The highest BCUT2D eigenvalue weighted by atomic mass is 35.5. The van der Waals surface area contributed by atoms with E-state index >= 15 is 0 Å². The van der Waals surface area contributed by atoms with Crippen molar-refractivity contribution >= 4 is 34.7 Å². The smallest absolute Gasteiger partial charge is 0.337 e. The molecule has 0 saturated heterocycles. The molecular weight excluding hydrogens is 272 g/mol. The zero-order chi connectivity index (χ0) is 13.0. The number of nitrogens with one attached hydrogen (secondary N) is 1. The molecule has 2 N–H and O–H groups in total. The molecule has 0 spiro atoms. The van der Waals surface area contributed by atoms with Crippen molar-refractivity contribution in [1.82, 2.24) is 4.98 Å². The maximum atomic E-state index is 10.9. The molecule has 0 aliphatic carbocycles. The minimum absolute atomic E-state index is 0.0599. The highest BCUT2D eigenvalue weighted by Crippen LogP contribution is 2.23. The Labute approximate surface area is 113 Å². The number of carboxylic acids is 1. The van der Waals surface area contributed by atoms with Crippen molar-refractivity contribution in [2.24, 2.45) is 0 Å². The minimum atomic E-state index is -1.05. The van der Waals surface area contributed by atoms with Crippen LogP contribution in [0.5, 0.6) is 0 Å². The first kappa shape index (κ1) is 12.9. The van der Waals surface area contributed by atoms with Crippen LogP contribution >= 0.6 is 22.9 Å². The Morgan fingerprint density at radius 1 is 1.50 bits per heavy atom. The van der Waals surface area contributed by atoms with Gasteiger partial charge in [-0.15, -0.1) is 0 Å². The van der Waals surface area contributed by atoms with Gasteiger partial charge >= 0.3 is 5.97 Å². The maximum absolute atomic E-state index is 10.9. The monoisotopic (exact) mass is 282 g/mol. The number of aromatic nitrogens is 1. The van der Waals surface area contributed by atoms with E-state index in [9.17, 15) is 4.79 Å². The Morgan fingerprint density at radius 3 is 3.00 bits per heavy atom. The molecule has 0 atom stereocenters. The van der Waals surface area contributed by atoms with Crippen molar-refractivity contribution < 1.29 is 9.90 Å². The molecule has 18 heavy (non-hydrogen) atoms. The molecule has 0 radical (unpaired) electrons. The summed E-state index contributed by atoms with van der Waals surface area (Å²) in [5.74, 6) is -0.643. The molecule has 2 rings (SSSR count). The van der Waals surface area contributed by atoms with Crippen LogP contribution in [0.4, 0.5) is 5.82 Å². The first-order valence-electron chi connectivity index (χ1n) is 5.31. The number of halogens is 1. The fourth-order valence-corrected chi connectivity index (χ4v) is 2.45. The molecule has 0 bridgehead atoms. The van der Waals surface area contributed by atoms with Crippen LogP contribution in [-0.4, -0.2) is 22.6 Å². The zero-order valence-corrected chi connectivity index (χ0v) is 11.0. The van der Waals surface area contributed by atoms with Gasteiger partial charge in [0.1, 0.15) is 5.82 Å². The number of anilines is 1. The zero-order valence-electron chi connectivity index (χ0n) is 9.39. The van der Waals surface area contributed by atoms with Crippen LogP contribution < -0.4 is 5.32 Å². The molecule has 0 aliphatic rings. The van der Waals surface area contributed by atoms with Gasteiger partial charge in [0.15, 0.2) is 0 Å². The summed E-state index contributed by atoms with van der Waals surface area (Å²) >= 11 is 7.61. The lowest BCUT2D eigenvalue weighted by Gasteiger charge is -2.08. The van der Waals surface area contributed by atoms with E-state index in [0.29, 0.717) is 12.4 Å². The number of hydrogen-bond donors (Lipinski definition) is 2. The second-order valence-corrected chi connectivity index (χ2v) is 4.79. The Morgan fingerprint density at radius 2 is 2.33 bits per heavy atom. The highest BCUT2D eigenvalue weighted by Gasteiger charge is 2.12. The second-order valence-electron chi connectivity index (χ2n) is 3.63. The Balaban J connectivity index is 2.01. The van der Waals surface area contributed by atoms with Crippen LogP contribution in [0, 0.1) is 0 Å². The van der Waals surface area contributed by atoms with Gasteiger partial charge in [-0.25, -0.2) is 9.78 Å². The van der Waals surface area contributed by atoms with E-state index in [1.54, 1.807) is 11.3 Å². The number of pyridine rings is 1. The van der Waals surface area contributed by atoms with Crippen LogP contribution in [0.3, 0.4) is 0 Å². The van der Waals surface area contributed by atoms with Crippen molar-refractivity contribution in [1.29, 1.82) is 0 Å². The number of aromatic carboxylic acids is 1. The Hall–Kier alpha value is -1.59. The predicted octanol–water partition coefficient (Wildman–Crippen LogP) is 3.15. The van der Waals surface area contributed by atoms with E-state index < -0.39 is 5.97 Å². The van der Waals surface area contributed by atoms with Crippen molar-refractivity contribution in [2.75, 3.05) is 11.9 Å². The predicted molar refractivity (Wildman–Crippen MR) is 72.7 cm³/mol. The van der Waals surface area contributed by atoms with Crippen LogP contribution in [0.1, 0.15) is 15.9 Å². The third-order valence-corrected chi connectivity index (χ3v) is 3.52.